The third kappa shape index (κ3) is 6.24. The van der Waals surface area contributed by atoms with E-state index in [1.807, 2.05) is 31.1 Å². The van der Waals surface area contributed by atoms with Gasteiger partial charge in [0, 0.05) is 25.5 Å². The second-order valence-electron chi connectivity index (χ2n) is 6.45. The number of anilines is 2. The monoisotopic (exact) mass is 399 g/mol. The summed E-state index contributed by atoms with van der Waals surface area (Å²) in [6.45, 7) is 1.09. The van der Waals surface area contributed by atoms with Gasteiger partial charge < -0.3 is 25.0 Å². The molecule has 2 amide bonds. The fourth-order valence-electron chi connectivity index (χ4n) is 2.46. The molecule has 0 aliphatic heterocycles. The smallest absolute Gasteiger partial charge is 0.326 e. The molecule has 2 aromatic rings. The zero-order chi connectivity index (χ0) is 21.4. The Morgan fingerprint density at radius 3 is 2.31 bits per heavy atom. The van der Waals surface area contributed by atoms with Gasteiger partial charge >= 0.3 is 5.97 Å². The van der Waals surface area contributed by atoms with Gasteiger partial charge in [-0.3, -0.25) is 14.4 Å². The molecule has 0 aliphatic carbocycles. The summed E-state index contributed by atoms with van der Waals surface area (Å²) in [4.78, 5) is 38.3. The van der Waals surface area contributed by atoms with Crippen LogP contribution in [0.15, 0.2) is 48.5 Å². The lowest BCUT2D eigenvalue weighted by atomic mass is 10.2. The Kier molecular flexibility index (Phi) is 7.59. The first kappa shape index (κ1) is 21.7. The van der Waals surface area contributed by atoms with E-state index in [4.69, 9.17) is 9.47 Å². The molecule has 0 bridgehead atoms. The van der Waals surface area contributed by atoms with Crippen molar-refractivity contribution in [2.75, 3.05) is 38.0 Å². The lowest BCUT2D eigenvalue weighted by Crippen LogP contribution is -2.36. The molecule has 0 radical (unpaired) electrons. The Morgan fingerprint density at radius 2 is 1.69 bits per heavy atom. The molecule has 29 heavy (non-hydrogen) atoms. The van der Waals surface area contributed by atoms with Crippen LogP contribution in [0.4, 0.5) is 11.4 Å². The summed E-state index contributed by atoms with van der Waals surface area (Å²) in [5.74, 6) is -1.27. The first-order valence-corrected chi connectivity index (χ1v) is 9.00. The van der Waals surface area contributed by atoms with Gasteiger partial charge in [-0.15, -0.1) is 0 Å². The highest BCUT2D eigenvalue weighted by molar-refractivity contribution is 5.99. The number of esters is 1. The Morgan fingerprint density at radius 1 is 1.03 bits per heavy atom. The maximum absolute atomic E-state index is 12.2. The number of hydrogen-bond acceptors (Lipinski definition) is 6. The SMILES string of the molecule is COc1ccccc1C(=O)NCC(=O)O[C@@H](C)C(=O)Nc1ccc(N(C)C)cc1. The summed E-state index contributed by atoms with van der Waals surface area (Å²) in [5, 5.41) is 5.13. The Hall–Kier alpha value is -3.55. The molecule has 8 nitrogen and oxygen atoms in total. The fourth-order valence-corrected chi connectivity index (χ4v) is 2.46. The minimum absolute atomic E-state index is 0.301. The molecule has 154 valence electrons. The molecule has 1 atom stereocenters. The average Bonchev–Trinajstić information content (AvgIpc) is 2.72. The molecular weight excluding hydrogens is 374 g/mol. The molecule has 0 heterocycles. The van der Waals surface area contributed by atoms with Crippen molar-refractivity contribution >= 4 is 29.2 Å². The number of ether oxygens (including phenoxy) is 2. The van der Waals surface area contributed by atoms with Crippen LogP contribution in [0.5, 0.6) is 5.75 Å². The van der Waals surface area contributed by atoms with Crippen molar-refractivity contribution < 1.29 is 23.9 Å². The van der Waals surface area contributed by atoms with Crippen LogP contribution in [0.25, 0.3) is 0 Å². The third-order valence-corrected chi connectivity index (χ3v) is 4.07. The van der Waals surface area contributed by atoms with Crippen molar-refractivity contribution in [3.05, 3.63) is 54.1 Å². The van der Waals surface area contributed by atoms with Gasteiger partial charge in [-0.1, -0.05) is 12.1 Å². The molecule has 2 N–H and O–H groups in total. The Bertz CT molecular complexity index is 865. The summed E-state index contributed by atoms with van der Waals surface area (Å²) in [6, 6.07) is 13.9. The normalized spacial score (nSPS) is 11.2. The lowest BCUT2D eigenvalue weighted by Gasteiger charge is -2.15. The highest BCUT2D eigenvalue weighted by Crippen LogP contribution is 2.17. The van der Waals surface area contributed by atoms with Crippen molar-refractivity contribution in [1.82, 2.24) is 5.32 Å². The van der Waals surface area contributed by atoms with Crippen molar-refractivity contribution in [1.29, 1.82) is 0 Å². The van der Waals surface area contributed by atoms with Gasteiger partial charge in [0.05, 0.1) is 12.7 Å². The van der Waals surface area contributed by atoms with Gasteiger partial charge in [0.2, 0.25) is 0 Å². The highest BCUT2D eigenvalue weighted by Gasteiger charge is 2.19. The molecule has 0 aromatic heterocycles. The predicted octanol–water partition coefficient (Wildman–Crippen LogP) is 2.06. The summed E-state index contributed by atoms with van der Waals surface area (Å²) in [7, 11) is 5.29. The zero-order valence-corrected chi connectivity index (χ0v) is 16.9. The van der Waals surface area contributed by atoms with E-state index in [1.165, 1.54) is 14.0 Å². The number of para-hydroxylation sites is 1. The van der Waals surface area contributed by atoms with Crippen LogP contribution in [0.1, 0.15) is 17.3 Å². The molecule has 0 saturated heterocycles. The molecule has 0 saturated carbocycles. The molecule has 0 spiro atoms. The lowest BCUT2D eigenvalue weighted by molar-refractivity contribution is -0.152. The van der Waals surface area contributed by atoms with Gasteiger partial charge in [-0.2, -0.15) is 0 Å². The number of nitrogens with zero attached hydrogens (tertiary/aromatic N) is 1. The third-order valence-electron chi connectivity index (χ3n) is 4.07. The van der Waals surface area contributed by atoms with Crippen molar-refractivity contribution in [2.24, 2.45) is 0 Å². The second kappa shape index (κ2) is 10.1. The topological polar surface area (TPSA) is 97.0 Å². The van der Waals surface area contributed by atoms with E-state index in [0.29, 0.717) is 17.0 Å². The largest absolute Gasteiger partial charge is 0.496 e. The number of carbonyl (C=O) groups excluding carboxylic acids is 3. The van der Waals surface area contributed by atoms with Crippen LogP contribution in [-0.4, -0.2) is 51.6 Å². The first-order chi connectivity index (χ1) is 13.8. The van der Waals surface area contributed by atoms with E-state index in [2.05, 4.69) is 10.6 Å². The standard InChI is InChI=1S/C21H25N3O5/c1-14(20(26)23-15-9-11-16(12-10-15)24(2)3)29-19(25)13-22-21(27)17-7-5-6-8-18(17)28-4/h5-12,14H,13H2,1-4H3,(H,22,27)(H,23,26)/t14-/m0/s1. The van der Waals surface area contributed by atoms with E-state index < -0.39 is 23.9 Å². The van der Waals surface area contributed by atoms with Gasteiger partial charge in [0.15, 0.2) is 6.10 Å². The minimum atomic E-state index is -1.01. The van der Waals surface area contributed by atoms with Gasteiger partial charge in [0.25, 0.3) is 11.8 Å². The molecule has 2 aromatic carbocycles. The molecular formula is C21H25N3O5. The van der Waals surface area contributed by atoms with Gasteiger partial charge in [-0.25, -0.2) is 0 Å². The number of carbonyl (C=O) groups is 3. The van der Waals surface area contributed by atoms with E-state index in [0.717, 1.165) is 5.69 Å². The predicted molar refractivity (Wildman–Crippen MR) is 110 cm³/mol. The number of amides is 2. The Balaban J connectivity index is 1.83. The first-order valence-electron chi connectivity index (χ1n) is 9.00. The van der Waals surface area contributed by atoms with E-state index >= 15 is 0 Å². The van der Waals surface area contributed by atoms with E-state index in [1.54, 1.807) is 36.4 Å². The average molecular weight is 399 g/mol. The van der Waals surface area contributed by atoms with Gasteiger partial charge in [-0.05, 0) is 43.3 Å². The summed E-state index contributed by atoms with van der Waals surface area (Å²) in [5.41, 5.74) is 1.89. The summed E-state index contributed by atoms with van der Waals surface area (Å²) < 4.78 is 10.2. The number of hydrogen-bond donors (Lipinski definition) is 2. The molecule has 2 rings (SSSR count). The highest BCUT2D eigenvalue weighted by atomic mass is 16.5. The van der Waals surface area contributed by atoms with Crippen LogP contribution in [-0.2, 0) is 14.3 Å². The number of benzene rings is 2. The van der Waals surface area contributed by atoms with Crippen molar-refractivity contribution in [2.45, 2.75) is 13.0 Å². The second-order valence-corrected chi connectivity index (χ2v) is 6.45. The molecule has 8 heteroatoms. The van der Waals surface area contributed by atoms with Crippen LogP contribution in [0.2, 0.25) is 0 Å². The van der Waals surface area contributed by atoms with Crippen LogP contribution >= 0.6 is 0 Å². The number of methoxy groups -OCH3 is 1. The quantitative estimate of drug-likeness (QED) is 0.660. The summed E-state index contributed by atoms with van der Waals surface area (Å²) in [6.07, 6.45) is -1.01. The number of rotatable bonds is 8. The number of nitrogens with one attached hydrogen (secondary N) is 2. The molecule has 0 aliphatic rings. The van der Waals surface area contributed by atoms with Gasteiger partial charge in [0.1, 0.15) is 12.3 Å². The fraction of sp³-hybridized carbons (Fsp3) is 0.286. The zero-order valence-electron chi connectivity index (χ0n) is 16.9. The van der Waals surface area contributed by atoms with E-state index in [9.17, 15) is 14.4 Å². The van der Waals surface area contributed by atoms with Crippen LogP contribution < -0.4 is 20.3 Å². The van der Waals surface area contributed by atoms with Crippen LogP contribution in [0, 0.1) is 0 Å². The molecule has 0 fully saturated rings. The maximum Gasteiger partial charge on any atom is 0.326 e. The van der Waals surface area contributed by atoms with Crippen molar-refractivity contribution in [3.8, 4) is 5.75 Å². The Labute approximate surface area is 169 Å². The van der Waals surface area contributed by atoms with E-state index in [-0.39, 0.29) is 6.54 Å². The minimum Gasteiger partial charge on any atom is -0.496 e. The van der Waals surface area contributed by atoms with Crippen LogP contribution in [0.3, 0.4) is 0 Å². The molecule has 0 unspecified atom stereocenters. The maximum atomic E-state index is 12.2. The van der Waals surface area contributed by atoms with Crippen molar-refractivity contribution in [3.63, 3.8) is 0 Å². The summed E-state index contributed by atoms with van der Waals surface area (Å²) >= 11 is 0.